The fraction of sp³-hybridized carbons (Fsp3) is 0.0769. The SMILES string of the molecule is CN(C(=O)c1cc(Cl)cc(Br)c1)c1cccnc1. The molecule has 0 fully saturated rings. The van der Waals surface area contributed by atoms with E-state index in [1.807, 2.05) is 6.07 Å². The first-order valence-electron chi connectivity index (χ1n) is 5.22. The van der Waals surface area contributed by atoms with Crippen molar-refractivity contribution < 1.29 is 4.79 Å². The maximum absolute atomic E-state index is 12.3. The molecule has 0 unspecified atom stereocenters. The molecule has 0 aliphatic carbocycles. The third-order valence-electron chi connectivity index (χ3n) is 2.45. The average Bonchev–Trinajstić information content (AvgIpc) is 2.37. The van der Waals surface area contributed by atoms with E-state index < -0.39 is 0 Å². The smallest absolute Gasteiger partial charge is 0.258 e. The Labute approximate surface area is 119 Å². The molecule has 1 amide bonds. The lowest BCUT2D eigenvalue weighted by atomic mass is 10.2. The van der Waals surface area contributed by atoms with Gasteiger partial charge in [-0.3, -0.25) is 9.78 Å². The molecule has 0 aliphatic heterocycles. The van der Waals surface area contributed by atoms with Crippen LogP contribution in [0.3, 0.4) is 0 Å². The van der Waals surface area contributed by atoms with Gasteiger partial charge >= 0.3 is 0 Å². The number of halogens is 2. The zero-order valence-electron chi connectivity index (χ0n) is 9.60. The van der Waals surface area contributed by atoms with Gasteiger partial charge in [0.2, 0.25) is 0 Å². The number of benzene rings is 1. The largest absolute Gasteiger partial charge is 0.310 e. The Morgan fingerprint density at radius 2 is 2.17 bits per heavy atom. The van der Waals surface area contributed by atoms with Crippen molar-refractivity contribution >= 4 is 39.1 Å². The van der Waals surface area contributed by atoms with Crippen molar-refractivity contribution in [3.8, 4) is 0 Å². The van der Waals surface area contributed by atoms with Crippen molar-refractivity contribution in [2.24, 2.45) is 0 Å². The van der Waals surface area contributed by atoms with E-state index in [1.165, 1.54) is 4.90 Å². The van der Waals surface area contributed by atoms with Gasteiger partial charge in [-0.2, -0.15) is 0 Å². The summed E-state index contributed by atoms with van der Waals surface area (Å²) >= 11 is 9.25. The van der Waals surface area contributed by atoms with Gasteiger partial charge in [-0.05, 0) is 30.3 Å². The van der Waals surface area contributed by atoms with Crippen molar-refractivity contribution in [1.82, 2.24) is 4.98 Å². The molecule has 3 nitrogen and oxygen atoms in total. The first-order chi connectivity index (χ1) is 8.58. The van der Waals surface area contributed by atoms with Crippen molar-refractivity contribution in [1.29, 1.82) is 0 Å². The van der Waals surface area contributed by atoms with Gasteiger partial charge in [-0.15, -0.1) is 0 Å². The maximum Gasteiger partial charge on any atom is 0.258 e. The van der Waals surface area contributed by atoms with E-state index in [0.717, 1.165) is 10.2 Å². The summed E-state index contributed by atoms with van der Waals surface area (Å²) in [6.45, 7) is 0. The predicted molar refractivity (Wildman–Crippen MR) is 76.1 cm³/mol. The molecule has 0 bridgehead atoms. The molecule has 0 N–H and O–H groups in total. The van der Waals surface area contributed by atoms with E-state index in [9.17, 15) is 4.79 Å². The van der Waals surface area contributed by atoms with Crippen LogP contribution >= 0.6 is 27.5 Å². The van der Waals surface area contributed by atoms with Crippen LogP contribution in [-0.2, 0) is 0 Å². The van der Waals surface area contributed by atoms with Gasteiger partial charge in [0, 0.05) is 28.3 Å². The van der Waals surface area contributed by atoms with Crippen LogP contribution in [0.2, 0.25) is 5.02 Å². The topological polar surface area (TPSA) is 33.2 Å². The molecular formula is C13H10BrClN2O. The van der Waals surface area contributed by atoms with E-state index in [-0.39, 0.29) is 5.91 Å². The number of nitrogens with zero attached hydrogens (tertiary/aromatic N) is 2. The van der Waals surface area contributed by atoms with Crippen LogP contribution in [0.25, 0.3) is 0 Å². The van der Waals surface area contributed by atoms with Gasteiger partial charge in [-0.25, -0.2) is 0 Å². The summed E-state index contributed by atoms with van der Waals surface area (Å²) in [4.78, 5) is 17.8. The lowest BCUT2D eigenvalue weighted by molar-refractivity contribution is 0.0993. The van der Waals surface area contributed by atoms with E-state index in [1.54, 1.807) is 43.7 Å². The highest BCUT2D eigenvalue weighted by Crippen LogP contribution is 2.22. The van der Waals surface area contributed by atoms with Crippen molar-refractivity contribution in [2.45, 2.75) is 0 Å². The van der Waals surface area contributed by atoms with Crippen molar-refractivity contribution in [3.63, 3.8) is 0 Å². The molecule has 2 aromatic rings. The molecule has 0 saturated heterocycles. The molecule has 0 saturated carbocycles. The Bertz CT molecular complexity index is 554. The third kappa shape index (κ3) is 2.89. The third-order valence-corrected chi connectivity index (χ3v) is 3.12. The van der Waals surface area contributed by atoms with Crippen molar-refractivity contribution in [2.75, 3.05) is 11.9 Å². The van der Waals surface area contributed by atoms with E-state index in [4.69, 9.17) is 11.6 Å². The molecule has 92 valence electrons. The molecule has 1 aromatic heterocycles. The minimum Gasteiger partial charge on any atom is -0.310 e. The number of rotatable bonds is 2. The molecule has 0 spiro atoms. The Balaban J connectivity index is 2.31. The molecule has 0 radical (unpaired) electrons. The van der Waals surface area contributed by atoms with Crippen LogP contribution in [0.5, 0.6) is 0 Å². The normalized spacial score (nSPS) is 10.2. The van der Waals surface area contributed by atoms with Crippen LogP contribution in [-0.4, -0.2) is 17.9 Å². The Morgan fingerprint density at radius 1 is 1.39 bits per heavy atom. The molecule has 1 heterocycles. The van der Waals surface area contributed by atoms with Gasteiger partial charge in [0.25, 0.3) is 5.91 Å². The second-order valence-corrected chi connectivity index (χ2v) is 5.09. The summed E-state index contributed by atoms with van der Waals surface area (Å²) in [5.41, 5.74) is 1.26. The Kier molecular flexibility index (Phi) is 3.99. The number of hydrogen-bond acceptors (Lipinski definition) is 2. The molecule has 2 rings (SSSR count). The number of aromatic nitrogens is 1. The lowest BCUT2D eigenvalue weighted by Gasteiger charge is -2.17. The summed E-state index contributed by atoms with van der Waals surface area (Å²) in [7, 11) is 1.70. The molecule has 0 aliphatic rings. The van der Waals surface area contributed by atoms with Crippen LogP contribution in [0.1, 0.15) is 10.4 Å². The number of carbonyl (C=O) groups is 1. The quantitative estimate of drug-likeness (QED) is 0.842. The molecule has 5 heteroatoms. The van der Waals surface area contributed by atoms with Crippen LogP contribution in [0.15, 0.2) is 47.2 Å². The summed E-state index contributed by atoms with van der Waals surface area (Å²) in [5, 5.41) is 0.521. The van der Waals surface area contributed by atoms with Gasteiger partial charge in [0.1, 0.15) is 0 Å². The summed E-state index contributed by atoms with van der Waals surface area (Å²) in [5.74, 6) is -0.133. The number of pyridine rings is 1. The zero-order valence-corrected chi connectivity index (χ0v) is 11.9. The number of hydrogen-bond donors (Lipinski definition) is 0. The highest BCUT2D eigenvalue weighted by Gasteiger charge is 2.14. The number of anilines is 1. The van der Waals surface area contributed by atoms with Gasteiger partial charge in [0.15, 0.2) is 0 Å². The van der Waals surface area contributed by atoms with Crippen molar-refractivity contribution in [3.05, 3.63) is 57.8 Å². The molecule has 1 aromatic carbocycles. The standard InChI is InChI=1S/C13H10BrClN2O/c1-17(12-3-2-4-16-8-12)13(18)9-5-10(14)7-11(15)6-9/h2-8H,1H3. The molecule has 0 atom stereocenters. The zero-order chi connectivity index (χ0) is 13.1. The van der Waals surface area contributed by atoms with Gasteiger partial charge < -0.3 is 4.90 Å². The number of carbonyl (C=O) groups excluding carboxylic acids is 1. The minimum absolute atomic E-state index is 0.133. The minimum atomic E-state index is -0.133. The fourth-order valence-corrected chi connectivity index (χ4v) is 2.40. The number of amides is 1. The monoisotopic (exact) mass is 324 g/mol. The lowest BCUT2D eigenvalue weighted by Crippen LogP contribution is -2.26. The van der Waals surface area contributed by atoms with Crippen LogP contribution in [0, 0.1) is 0 Å². The van der Waals surface area contributed by atoms with E-state index in [2.05, 4.69) is 20.9 Å². The van der Waals surface area contributed by atoms with E-state index in [0.29, 0.717) is 10.6 Å². The average molecular weight is 326 g/mol. The summed E-state index contributed by atoms with van der Waals surface area (Å²) in [6.07, 6.45) is 3.30. The molecule has 18 heavy (non-hydrogen) atoms. The van der Waals surface area contributed by atoms with E-state index >= 15 is 0 Å². The maximum atomic E-state index is 12.3. The second-order valence-electron chi connectivity index (χ2n) is 3.73. The first kappa shape index (κ1) is 13.1. The van der Waals surface area contributed by atoms with Crippen LogP contribution < -0.4 is 4.90 Å². The predicted octanol–water partition coefficient (Wildman–Crippen LogP) is 3.77. The van der Waals surface area contributed by atoms with Crippen LogP contribution in [0.4, 0.5) is 5.69 Å². The Hall–Kier alpha value is -1.39. The Morgan fingerprint density at radius 3 is 2.78 bits per heavy atom. The summed E-state index contributed by atoms with van der Waals surface area (Å²) < 4.78 is 0.776. The first-order valence-corrected chi connectivity index (χ1v) is 6.39. The molecular weight excluding hydrogens is 316 g/mol. The van der Waals surface area contributed by atoms with Gasteiger partial charge in [-0.1, -0.05) is 27.5 Å². The second kappa shape index (κ2) is 5.50. The summed E-state index contributed by atoms with van der Waals surface area (Å²) in [6, 6.07) is 8.72. The highest BCUT2D eigenvalue weighted by molar-refractivity contribution is 9.10. The van der Waals surface area contributed by atoms with Gasteiger partial charge in [0.05, 0.1) is 11.9 Å². The highest BCUT2D eigenvalue weighted by atomic mass is 79.9. The fourth-order valence-electron chi connectivity index (χ4n) is 1.54.